The Kier molecular flexibility index (Phi) is 5.93. The van der Waals surface area contributed by atoms with Crippen molar-refractivity contribution in [1.29, 1.82) is 0 Å². The molecule has 0 saturated heterocycles. The van der Waals surface area contributed by atoms with E-state index in [-0.39, 0.29) is 24.8 Å². The molecule has 1 aromatic carbocycles. The maximum Gasteiger partial charge on any atom is 0.313 e. The molecule has 25 heavy (non-hydrogen) atoms. The number of benzene rings is 1. The molecule has 0 saturated carbocycles. The van der Waals surface area contributed by atoms with Crippen molar-refractivity contribution in [3.8, 4) is 0 Å². The van der Waals surface area contributed by atoms with E-state index in [9.17, 15) is 19.5 Å². The molecule has 0 aliphatic carbocycles. The van der Waals surface area contributed by atoms with Crippen LogP contribution >= 0.6 is 11.3 Å². The van der Waals surface area contributed by atoms with Crippen molar-refractivity contribution in [3.05, 3.63) is 52.2 Å². The lowest BCUT2D eigenvalue weighted by Gasteiger charge is -2.19. The van der Waals surface area contributed by atoms with E-state index in [2.05, 4.69) is 10.6 Å². The highest BCUT2D eigenvalue weighted by atomic mass is 32.1. The molecule has 0 bridgehead atoms. The number of carbonyl (C=O) groups is 3. The summed E-state index contributed by atoms with van der Waals surface area (Å²) in [5, 5.41) is 18.2. The van der Waals surface area contributed by atoms with Crippen molar-refractivity contribution >= 4 is 34.8 Å². The third kappa shape index (κ3) is 4.90. The standard InChI is InChI=1S/C18H20N2O4S/c1-18(2,17(23)24)13-3-5-14(6-4-13)20-15(21)7-9-19-16(22)12-8-10-25-11-12/h3-6,8,10-11H,7,9H2,1-2H3,(H,19,22)(H,20,21)(H,23,24). The van der Waals surface area contributed by atoms with Gasteiger partial charge in [0.2, 0.25) is 5.91 Å². The normalized spacial score (nSPS) is 11.0. The molecule has 1 heterocycles. The quantitative estimate of drug-likeness (QED) is 0.707. The summed E-state index contributed by atoms with van der Waals surface area (Å²) < 4.78 is 0. The Labute approximate surface area is 149 Å². The van der Waals surface area contributed by atoms with Crippen LogP contribution in [-0.2, 0) is 15.0 Å². The zero-order valence-electron chi connectivity index (χ0n) is 14.0. The first-order valence-corrected chi connectivity index (χ1v) is 8.69. The average Bonchev–Trinajstić information content (AvgIpc) is 3.09. The number of hydrogen-bond acceptors (Lipinski definition) is 4. The van der Waals surface area contributed by atoms with Gasteiger partial charge < -0.3 is 15.7 Å². The summed E-state index contributed by atoms with van der Waals surface area (Å²) in [4.78, 5) is 34.9. The summed E-state index contributed by atoms with van der Waals surface area (Å²) in [6, 6.07) is 8.42. The highest BCUT2D eigenvalue weighted by Crippen LogP contribution is 2.24. The summed E-state index contributed by atoms with van der Waals surface area (Å²) in [6.07, 6.45) is 0.151. The highest BCUT2D eigenvalue weighted by molar-refractivity contribution is 7.08. The van der Waals surface area contributed by atoms with Crippen LogP contribution in [0.1, 0.15) is 36.2 Å². The Morgan fingerprint density at radius 2 is 1.80 bits per heavy atom. The van der Waals surface area contributed by atoms with E-state index < -0.39 is 11.4 Å². The number of rotatable bonds is 7. The first kappa shape index (κ1) is 18.7. The number of carboxylic acids is 1. The summed E-state index contributed by atoms with van der Waals surface area (Å²) in [7, 11) is 0. The lowest BCUT2D eigenvalue weighted by Crippen LogP contribution is -2.28. The maximum atomic E-state index is 11.9. The van der Waals surface area contributed by atoms with E-state index in [1.807, 2.05) is 5.38 Å². The largest absolute Gasteiger partial charge is 0.481 e. The molecular formula is C18H20N2O4S. The van der Waals surface area contributed by atoms with Gasteiger partial charge in [-0.25, -0.2) is 0 Å². The Hall–Kier alpha value is -2.67. The zero-order valence-corrected chi connectivity index (χ0v) is 14.9. The summed E-state index contributed by atoms with van der Waals surface area (Å²) in [5.74, 6) is -1.34. The first-order chi connectivity index (χ1) is 11.8. The summed E-state index contributed by atoms with van der Waals surface area (Å²) in [5.41, 5.74) is 0.830. The fourth-order valence-corrected chi connectivity index (χ4v) is 2.74. The molecule has 0 unspecified atom stereocenters. The van der Waals surface area contributed by atoms with Crippen LogP contribution in [0.2, 0.25) is 0 Å². The molecule has 132 valence electrons. The number of carbonyl (C=O) groups excluding carboxylic acids is 2. The van der Waals surface area contributed by atoms with Crippen LogP contribution in [0.5, 0.6) is 0 Å². The molecule has 3 N–H and O–H groups in total. The zero-order chi connectivity index (χ0) is 18.4. The van der Waals surface area contributed by atoms with Crippen molar-refractivity contribution in [2.75, 3.05) is 11.9 Å². The minimum absolute atomic E-state index is 0.151. The van der Waals surface area contributed by atoms with Crippen LogP contribution in [0.3, 0.4) is 0 Å². The predicted molar refractivity (Wildman–Crippen MR) is 97.0 cm³/mol. The third-order valence-electron chi connectivity index (χ3n) is 3.85. The maximum absolute atomic E-state index is 11.9. The molecule has 6 nitrogen and oxygen atoms in total. The van der Waals surface area contributed by atoms with Gasteiger partial charge in [0.05, 0.1) is 5.41 Å². The van der Waals surface area contributed by atoms with Gasteiger partial charge in [0, 0.05) is 29.6 Å². The smallest absolute Gasteiger partial charge is 0.313 e. The van der Waals surface area contributed by atoms with Crippen LogP contribution in [0.25, 0.3) is 0 Å². The van der Waals surface area contributed by atoms with E-state index in [0.29, 0.717) is 16.8 Å². The molecule has 2 aromatic rings. The first-order valence-electron chi connectivity index (χ1n) is 7.75. The van der Waals surface area contributed by atoms with Gasteiger partial charge in [0.1, 0.15) is 0 Å². The van der Waals surface area contributed by atoms with Crippen molar-refractivity contribution in [3.63, 3.8) is 0 Å². The predicted octanol–water partition coefficient (Wildman–Crippen LogP) is 2.87. The Balaban J connectivity index is 1.82. The monoisotopic (exact) mass is 360 g/mol. The molecule has 2 rings (SSSR count). The molecule has 1 aromatic heterocycles. The van der Waals surface area contributed by atoms with Gasteiger partial charge in [-0.2, -0.15) is 11.3 Å². The number of carboxylic acid groups (broad SMARTS) is 1. The van der Waals surface area contributed by atoms with Crippen LogP contribution < -0.4 is 10.6 Å². The molecule has 0 aliphatic heterocycles. The van der Waals surface area contributed by atoms with Gasteiger partial charge in [-0.1, -0.05) is 12.1 Å². The average molecular weight is 360 g/mol. The van der Waals surface area contributed by atoms with Gasteiger partial charge in [-0.05, 0) is 43.0 Å². The van der Waals surface area contributed by atoms with Gasteiger partial charge in [-0.15, -0.1) is 0 Å². The lowest BCUT2D eigenvalue weighted by molar-refractivity contribution is -0.142. The lowest BCUT2D eigenvalue weighted by atomic mass is 9.85. The van der Waals surface area contributed by atoms with Gasteiger partial charge in [0.15, 0.2) is 0 Å². The number of hydrogen-bond donors (Lipinski definition) is 3. The molecular weight excluding hydrogens is 340 g/mol. The van der Waals surface area contributed by atoms with E-state index >= 15 is 0 Å². The van der Waals surface area contributed by atoms with Gasteiger partial charge in [0.25, 0.3) is 5.91 Å². The Morgan fingerprint density at radius 1 is 1.12 bits per heavy atom. The number of nitrogens with one attached hydrogen (secondary N) is 2. The molecule has 2 amide bonds. The number of aliphatic carboxylic acids is 1. The van der Waals surface area contributed by atoms with Crippen molar-refractivity contribution < 1.29 is 19.5 Å². The van der Waals surface area contributed by atoms with Crippen molar-refractivity contribution in [1.82, 2.24) is 5.32 Å². The van der Waals surface area contributed by atoms with Crippen molar-refractivity contribution in [2.24, 2.45) is 0 Å². The Morgan fingerprint density at radius 3 is 2.36 bits per heavy atom. The minimum atomic E-state index is -0.992. The number of thiophene rings is 1. The molecule has 0 spiro atoms. The third-order valence-corrected chi connectivity index (χ3v) is 4.53. The SMILES string of the molecule is CC(C)(C(=O)O)c1ccc(NC(=O)CCNC(=O)c2ccsc2)cc1. The topological polar surface area (TPSA) is 95.5 Å². The van der Waals surface area contributed by atoms with Crippen LogP contribution in [0.15, 0.2) is 41.1 Å². The van der Waals surface area contributed by atoms with Crippen molar-refractivity contribution in [2.45, 2.75) is 25.7 Å². The van der Waals surface area contributed by atoms with Crippen LogP contribution in [-0.4, -0.2) is 29.4 Å². The number of amides is 2. The fourth-order valence-electron chi connectivity index (χ4n) is 2.10. The van der Waals surface area contributed by atoms with Crippen LogP contribution in [0, 0.1) is 0 Å². The molecule has 0 atom stereocenters. The summed E-state index contributed by atoms with van der Waals surface area (Å²) in [6.45, 7) is 3.49. The van der Waals surface area contributed by atoms with Gasteiger partial charge in [-0.3, -0.25) is 14.4 Å². The minimum Gasteiger partial charge on any atom is -0.481 e. The second-order valence-corrected chi connectivity index (χ2v) is 6.85. The fraction of sp³-hybridized carbons (Fsp3) is 0.278. The Bertz CT molecular complexity index is 752. The van der Waals surface area contributed by atoms with E-state index in [1.54, 1.807) is 49.6 Å². The highest BCUT2D eigenvalue weighted by Gasteiger charge is 2.29. The number of anilines is 1. The molecule has 0 radical (unpaired) electrons. The van der Waals surface area contributed by atoms with E-state index in [1.165, 1.54) is 11.3 Å². The molecule has 0 fully saturated rings. The molecule has 7 heteroatoms. The second-order valence-electron chi connectivity index (χ2n) is 6.07. The van der Waals surface area contributed by atoms with Gasteiger partial charge >= 0.3 is 5.97 Å². The van der Waals surface area contributed by atoms with E-state index in [0.717, 1.165) is 0 Å². The summed E-state index contributed by atoms with van der Waals surface area (Å²) >= 11 is 1.44. The molecule has 0 aliphatic rings. The second kappa shape index (κ2) is 7.94. The van der Waals surface area contributed by atoms with E-state index in [4.69, 9.17) is 0 Å². The van der Waals surface area contributed by atoms with Crippen LogP contribution in [0.4, 0.5) is 5.69 Å².